The van der Waals surface area contributed by atoms with Crippen molar-refractivity contribution in [3.8, 4) is 5.75 Å². The molecule has 0 bridgehead atoms. The molecule has 0 amide bonds. The number of nitrogens with two attached hydrogens (primary N) is 2. The van der Waals surface area contributed by atoms with E-state index in [9.17, 15) is 0 Å². The number of hydrogen-bond acceptors (Lipinski definition) is 3. The van der Waals surface area contributed by atoms with Crippen molar-refractivity contribution in [2.75, 3.05) is 11.5 Å². The lowest BCUT2D eigenvalue weighted by Gasteiger charge is -2.50. The fourth-order valence-corrected chi connectivity index (χ4v) is 8.94. The Hall–Kier alpha value is -1.64. The first kappa shape index (κ1) is 28.4. The highest BCUT2D eigenvalue weighted by molar-refractivity contribution is 5.60. The van der Waals surface area contributed by atoms with Crippen molar-refractivity contribution in [3.63, 3.8) is 0 Å². The van der Waals surface area contributed by atoms with E-state index >= 15 is 0 Å². The molecule has 8 unspecified atom stereocenters. The second-order valence-electron chi connectivity index (χ2n) is 14.2. The molecule has 3 heteroatoms. The fourth-order valence-electron chi connectivity index (χ4n) is 8.94. The van der Waals surface area contributed by atoms with Crippen molar-refractivity contribution < 1.29 is 4.74 Å². The molecule has 3 aliphatic rings. The van der Waals surface area contributed by atoms with Crippen LogP contribution in [0.1, 0.15) is 112 Å². The average Bonchev–Trinajstić information content (AvgIpc) is 3.17. The third-order valence-electron chi connectivity index (χ3n) is 11.0. The molecule has 2 saturated carbocycles. The van der Waals surface area contributed by atoms with Crippen molar-refractivity contribution in [2.45, 2.75) is 118 Å². The van der Waals surface area contributed by atoms with Gasteiger partial charge >= 0.3 is 0 Å². The molecule has 4 N–H and O–H groups in total. The standard InChI is InChI=1S/C34H56N2O/c1-7-18-34(6)29(24(4)10-8-9-23(2)3)14-15-30(34)25-11-12-26-20-28(17-19-33(26,5)22-25)37-32-16-13-27(35)21-31(32)36/h11-13,16,21,23-26,28-30H,7-10,14-15,17-20,22,35-36H2,1-6H3. The van der Waals surface area contributed by atoms with E-state index in [2.05, 4.69) is 53.7 Å². The van der Waals surface area contributed by atoms with Gasteiger partial charge in [0.1, 0.15) is 5.75 Å². The fraction of sp³-hybridized carbons (Fsp3) is 0.765. The summed E-state index contributed by atoms with van der Waals surface area (Å²) in [5.74, 6) is 5.52. The molecule has 0 saturated heterocycles. The molecule has 208 valence electrons. The van der Waals surface area contributed by atoms with Crippen LogP contribution in [-0.2, 0) is 0 Å². The number of allylic oxidation sites excluding steroid dienone is 2. The summed E-state index contributed by atoms with van der Waals surface area (Å²) in [6.07, 6.45) is 20.0. The summed E-state index contributed by atoms with van der Waals surface area (Å²) in [6.45, 7) is 15.0. The first-order valence-corrected chi connectivity index (χ1v) is 15.6. The van der Waals surface area contributed by atoms with Gasteiger partial charge in [-0.2, -0.15) is 0 Å². The molecule has 8 atom stereocenters. The van der Waals surface area contributed by atoms with Crippen LogP contribution in [0.15, 0.2) is 30.4 Å². The summed E-state index contributed by atoms with van der Waals surface area (Å²) < 4.78 is 6.40. The molecule has 3 aliphatic carbocycles. The Morgan fingerprint density at radius 2 is 1.81 bits per heavy atom. The second-order valence-corrected chi connectivity index (χ2v) is 14.2. The van der Waals surface area contributed by atoms with Gasteiger partial charge in [-0.25, -0.2) is 0 Å². The SMILES string of the molecule is CCCC1(C)C(C(C)CCCC(C)C)CCC1C1C=CC2CC(Oc3ccc(N)cc3N)CCC2(C)C1. The van der Waals surface area contributed by atoms with Crippen molar-refractivity contribution in [2.24, 2.45) is 46.3 Å². The van der Waals surface area contributed by atoms with Crippen LogP contribution >= 0.6 is 0 Å². The molecule has 1 aromatic carbocycles. The molecular formula is C34H56N2O. The molecular weight excluding hydrogens is 452 g/mol. The highest BCUT2D eigenvalue weighted by atomic mass is 16.5. The number of nitrogen functional groups attached to an aromatic ring is 2. The van der Waals surface area contributed by atoms with Crippen LogP contribution in [0.3, 0.4) is 0 Å². The molecule has 3 nitrogen and oxygen atoms in total. The molecule has 4 rings (SSSR count). The first-order valence-electron chi connectivity index (χ1n) is 15.6. The Kier molecular flexibility index (Phi) is 8.91. The third kappa shape index (κ3) is 6.17. The average molecular weight is 509 g/mol. The Morgan fingerprint density at radius 1 is 1.03 bits per heavy atom. The van der Waals surface area contributed by atoms with Crippen LogP contribution in [0.5, 0.6) is 5.75 Å². The minimum Gasteiger partial charge on any atom is -0.488 e. The normalized spacial score (nSPS) is 36.5. The van der Waals surface area contributed by atoms with Gasteiger partial charge in [-0.3, -0.25) is 0 Å². The highest BCUT2D eigenvalue weighted by Crippen LogP contribution is 2.61. The van der Waals surface area contributed by atoms with Gasteiger partial charge in [0.2, 0.25) is 0 Å². The van der Waals surface area contributed by atoms with E-state index < -0.39 is 0 Å². The number of fused-ring (bicyclic) bond motifs is 1. The Bertz CT molecular complexity index is 924. The second kappa shape index (κ2) is 11.6. The van der Waals surface area contributed by atoms with Gasteiger partial charge in [0.25, 0.3) is 0 Å². The van der Waals surface area contributed by atoms with E-state index in [4.69, 9.17) is 16.2 Å². The molecule has 0 aromatic heterocycles. The Labute approximate surface area is 228 Å². The van der Waals surface area contributed by atoms with Gasteiger partial charge in [0.15, 0.2) is 0 Å². The molecule has 1 aromatic rings. The zero-order chi connectivity index (χ0) is 26.8. The monoisotopic (exact) mass is 508 g/mol. The van der Waals surface area contributed by atoms with E-state index in [1.807, 2.05) is 12.1 Å². The maximum atomic E-state index is 6.40. The van der Waals surface area contributed by atoms with Crippen LogP contribution in [0.25, 0.3) is 0 Å². The molecule has 0 spiro atoms. The lowest BCUT2D eigenvalue weighted by molar-refractivity contribution is 0.00721. The van der Waals surface area contributed by atoms with Crippen molar-refractivity contribution in [3.05, 3.63) is 30.4 Å². The van der Waals surface area contributed by atoms with Crippen molar-refractivity contribution in [1.29, 1.82) is 0 Å². The zero-order valence-electron chi connectivity index (χ0n) is 24.8. The molecule has 37 heavy (non-hydrogen) atoms. The summed E-state index contributed by atoms with van der Waals surface area (Å²) in [6, 6.07) is 5.62. The lowest BCUT2D eigenvalue weighted by atomic mass is 9.55. The summed E-state index contributed by atoms with van der Waals surface area (Å²) >= 11 is 0. The van der Waals surface area contributed by atoms with Crippen molar-refractivity contribution in [1.82, 2.24) is 0 Å². The summed E-state index contributed by atoms with van der Waals surface area (Å²) in [7, 11) is 0. The number of rotatable bonds is 10. The largest absolute Gasteiger partial charge is 0.488 e. The topological polar surface area (TPSA) is 61.3 Å². The van der Waals surface area contributed by atoms with Gasteiger partial charge in [0, 0.05) is 5.69 Å². The Morgan fingerprint density at radius 3 is 2.51 bits per heavy atom. The zero-order valence-corrected chi connectivity index (χ0v) is 24.8. The maximum absolute atomic E-state index is 6.40. The van der Waals surface area contributed by atoms with Crippen molar-refractivity contribution >= 4 is 11.4 Å². The predicted molar refractivity (Wildman–Crippen MR) is 159 cm³/mol. The molecule has 0 aliphatic heterocycles. The Balaban J connectivity index is 1.43. The molecule has 0 heterocycles. The number of anilines is 2. The summed E-state index contributed by atoms with van der Waals surface area (Å²) in [4.78, 5) is 0. The van der Waals surface area contributed by atoms with Gasteiger partial charge in [0.05, 0.1) is 11.8 Å². The van der Waals surface area contributed by atoms with E-state index in [1.165, 1.54) is 57.8 Å². The number of hydrogen-bond donors (Lipinski definition) is 2. The van der Waals surface area contributed by atoms with E-state index in [0.717, 1.165) is 48.2 Å². The minimum atomic E-state index is 0.234. The number of ether oxygens (including phenoxy) is 1. The highest BCUT2D eigenvalue weighted by Gasteiger charge is 2.52. The van der Waals surface area contributed by atoms with Gasteiger partial charge in [-0.1, -0.05) is 79.4 Å². The summed E-state index contributed by atoms with van der Waals surface area (Å²) in [5.41, 5.74) is 14.3. The predicted octanol–water partition coefficient (Wildman–Crippen LogP) is 9.28. The van der Waals surface area contributed by atoms with E-state index in [1.54, 1.807) is 6.07 Å². The van der Waals surface area contributed by atoms with Gasteiger partial charge in [-0.15, -0.1) is 0 Å². The molecule has 2 fully saturated rings. The third-order valence-corrected chi connectivity index (χ3v) is 11.0. The van der Waals surface area contributed by atoms with Crippen LogP contribution in [-0.4, -0.2) is 6.10 Å². The van der Waals surface area contributed by atoms with Gasteiger partial charge < -0.3 is 16.2 Å². The lowest BCUT2D eigenvalue weighted by Crippen LogP contribution is -2.43. The quantitative estimate of drug-likeness (QED) is 0.244. The maximum Gasteiger partial charge on any atom is 0.142 e. The van der Waals surface area contributed by atoms with Gasteiger partial charge in [-0.05, 0) is 109 Å². The van der Waals surface area contributed by atoms with Crippen LogP contribution < -0.4 is 16.2 Å². The van der Waals surface area contributed by atoms with E-state index in [0.29, 0.717) is 28.1 Å². The van der Waals surface area contributed by atoms with E-state index in [-0.39, 0.29) is 6.10 Å². The molecule has 0 radical (unpaired) electrons. The minimum absolute atomic E-state index is 0.234. The number of benzene rings is 1. The van der Waals surface area contributed by atoms with Crippen LogP contribution in [0, 0.1) is 46.3 Å². The first-order chi connectivity index (χ1) is 17.6. The summed E-state index contributed by atoms with van der Waals surface area (Å²) in [5, 5.41) is 0. The van der Waals surface area contributed by atoms with Crippen LogP contribution in [0.2, 0.25) is 0 Å². The smallest absolute Gasteiger partial charge is 0.142 e. The van der Waals surface area contributed by atoms with Crippen LogP contribution in [0.4, 0.5) is 11.4 Å².